The standard InChI is InChI=1S/C16H12O2S/c17-14-12-8-4-5-9-13(12)15(18)16(14)19-10-11-6-2-1-3-7-11/h1-9,16H,10H2. The van der Waals surface area contributed by atoms with Gasteiger partial charge >= 0.3 is 0 Å². The highest BCUT2D eigenvalue weighted by Crippen LogP contribution is 2.31. The summed E-state index contributed by atoms with van der Waals surface area (Å²) >= 11 is 1.41. The van der Waals surface area contributed by atoms with E-state index >= 15 is 0 Å². The maximum Gasteiger partial charge on any atom is 0.184 e. The zero-order chi connectivity index (χ0) is 13.2. The van der Waals surface area contributed by atoms with Crippen molar-refractivity contribution in [1.82, 2.24) is 0 Å². The lowest BCUT2D eigenvalue weighted by molar-refractivity contribution is 0.0932. The Morgan fingerprint density at radius 3 is 1.89 bits per heavy atom. The van der Waals surface area contributed by atoms with E-state index in [0.29, 0.717) is 16.9 Å². The van der Waals surface area contributed by atoms with Crippen molar-refractivity contribution < 1.29 is 9.59 Å². The molecule has 2 nitrogen and oxygen atoms in total. The van der Waals surface area contributed by atoms with Crippen LogP contribution in [0.3, 0.4) is 0 Å². The fourth-order valence-electron chi connectivity index (χ4n) is 2.22. The van der Waals surface area contributed by atoms with E-state index in [4.69, 9.17) is 0 Å². The summed E-state index contributed by atoms with van der Waals surface area (Å²) in [5.74, 6) is 0.569. The van der Waals surface area contributed by atoms with E-state index < -0.39 is 5.25 Å². The van der Waals surface area contributed by atoms with E-state index in [2.05, 4.69) is 0 Å². The van der Waals surface area contributed by atoms with Crippen LogP contribution in [0.5, 0.6) is 0 Å². The molecule has 3 heteroatoms. The molecule has 94 valence electrons. The minimum absolute atomic E-state index is 0.0541. The zero-order valence-electron chi connectivity index (χ0n) is 10.2. The highest BCUT2D eigenvalue weighted by molar-refractivity contribution is 8.00. The van der Waals surface area contributed by atoms with E-state index in [-0.39, 0.29) is 11.6 Å². The lowest BCUT2D eigenvalue weighted by Crippen LogP contribution is -2.18. The quantitative estimate of drug-likeness (QED) is 0.800. The molecule has 2 aromatic rings. The van der Waals surface area contributed by atoms with Gasteiger partial charge in [0, 0.05) is 16.9 Å². The maximum atomic E-state index is 12.2. The summed E-state index contributed by atoms with van der Waals surface area (Å²) in [5, 5.41) is -0.572. The van der Waals surface area contributed by atoms with Crippen LogP contribution in [0.15, 0.2) is 54.6 Å². The summed E-state index contributed by atoms with van der Waals surface area (Å²) in [6.07, 6.45) is 0. The first-order valence-corrected chi connectivity index (χ1v) is 7.15. The minimum atomic E-state index is -0.572. The largest absolute Gasteiger partial charge is 0.292 e. The normalized spacial score (nSPS) is 14.7. The first kappa shape index (κ1) is 12.2. The van der Waals surface area contributed by atoms with Crippen LogP contribution in [0.2, 0.25) is 0 Å². The lowest BCUT2D eigenvalue weighted by atomic mass is 10.1. The predicted molar refractivity (Wildman–Crippen MR) is 76.6 cm³/mol. The molecule has 0 spiro atoms. The molecule has 3 rings (SSSR count). The van der Waals surface area contributed by atoms with Crippen LogP contribution in [-0.2, 0) is 5.75 Å². The number of fused-ring (bicyclic) bond motifs is 1. The fraction of sp³-hybridized carbons (Fsp3) is 0.125. The second-order valence-electron chi connectivity index (χ2n) is 4.45. The van der Waals surface area contributed by atoms with Gasteiger partial charge in [0.25, 0.3) is 0 Å². The molecule has 1 aliphatic rings. The predicted octanol–water partition coefficient (Wildman–Crippen LogP) is 3.37. The lowest BCUT2D eigenvalue weighted by Gasteiger charge is -2.06. The van der Waals surface area contributed by atoms with Crippen molar-refractivity contribution in [1.29, 1.82) is 0 Å². The number of rotatable bonds is 3. The van der Waals surface area contributed by atoms with Gasteiger partial charge in [-0.25, -0.2) is 0 Å². The van der Waals surface area contributed by atoms with Crippen molar-refractivity contribution in [3.8, 4) is 0 Å². The van der Waals surface area contributed by atoms with Gasteiger partial charge in [-0.2, -0.15) is 0 Å². The Hall–Kier alpha value is -1.87. The van der Waals surface area contributed by atoms with Gasteiger partial charge in [-0.3, -0.25) is 9.59 Å². The average molecular weight is 268 g/mol. The summed E-state index contributed by atoms with van der Waals surface area (Å²) < 4.78 is 0. The Labute approximate surface area is 115 Å². The van der Waals surface area contributed by atoms with Gasteiger partial charge < -0.3 is 0 Å². The number of carbonyl (C=O) groups excluding carboxylic acids is 2. The molecular formula is C16H12O2S. The van der Waals surface area contributed by atoms with E-state index in [1.165, 1.54) is 11.8 Å². The number of carbonyl (C=O) groups is 2. The summed E-state index contributed by atoms with van der Waals surface area (Å²) in [5.41, 5.74) is 2.26. The number of ketones is 2. The van der Waals surface area contributed by atoms with Crippen molar-refractivity contribution in [2.24, 2.45) is 0 Å². The SMILES string of the molecule is O=C1c2ccccc2C(=O)C1SCc1ccccc1. The Morgan fingerprint density at radius 1 is 0.789 bits per heavy atom. The van der Waals surface area contributed by atoms with E-state index in [1.807, 2.05) is 30.3 Å². The molecule has 0 amide bonds. The number of benzene rings is 2. The Morgan fingerprint density at radius 2 is 1.32 bits per heavy atom. The molecule has 19 heavy (non-hydrogen) atoms. The molecule has 2 aromatic carbocycles. The molecule has 0 saturated carbocycles. The van der Waals surface area contributed by atoms with E-state index in [9.17, 15) is 9.59 Å². The molecule has 0 radical (unpaired) electrons. The Bertz CT molecular complexity index is 599. The molecule has 0 N–H and O–H groups in total. The molecule has 0 aromatic heterocycles. The summed E-state index contributed by atoms with van der Waals surface area (Å²) in [6, 6.07) is 17.0. The van der Waals surface area contributed by atoms with Crippen molar-refractivity contribution in [2.45, 2.75) is 11.0 Å². The highest BCUT2D eigenvalue weighted by atomic mass is 32.2. The third-order valence-electron chi connectivity index (χ3n) is 3.19. The van der Waals surface area contributed by atoms with Crippen LogP contribution >= 0.6 is 11.8 Å². The maximum absolute atomic E-state index is 12.2. The average Bonchev–Trinajstić information content (AvgIpc) is 2.71. The van der Waals surface area contributed by atoms with Gasteiger partial charge in [0.05, 0.1) is 0 Å². The second-order valence-corrected chi connectivity index (χ2v) is 5.54. The minimum Gasteiger partial charge on any atom is -0.292 e. The van der Waals surface area contributed by atoms with Gasteiger partial charge in [0.15, 0.2) is 11.6 Å². The van der Waals surface area contributed by atoms with Crippen LogP contribution in [-0.4, -0.2) is 16.8 Å². The third kappa shape index (κ3) is 2.22. The molecular weight excluding hydrogens is 256 g/mol. The monoisotopic (exact) mass is 268 g/mol. The van der Waals surface area contributed by atoms with Crippen LogP contribution in [0.25, 0.3) is 0 Å². The molecule has 1 aliphatic carbocycles. The molecule has 0 saturated heterocycles. The summed E-state index contributed by atoms with van der Waals surface area (Å²) in [4.78, 5) is 24.4. The summed E-state index contributed by atoms with van der Waals surface area (Å²) in [6.45, 7) is 0. The van der Waals surface area contributed by atoms with Gasteiger partial charge in [-0.05, 0) is 5.56 Å². The Kier molecular flexibility index (Phi) is 3.22. The molecule has 0 unspecified atom stereocenters. The van der Waals surface area contributed by atoms with Crippen molar-refractivity contribution in [3.05, 3.63) is 71.3 Å². The van der Waals surface area contributed by atoms with Crippen molar-refractivity contribution >= 4 is 23.3 Å². The number of hydrogen-bond acceptors (Lipinski definition) is 3. The van der Waals surface area contributed by atoms with Gasteiger partial charge in [0.1, 0.15) is 5.25 Å². The van der Waals surface area contributed by atoms with Gasteiger partial charge in [0.2, 0.25) is 0 Å². The van der Waals surface area contributed by atoms with Crippen LogP contribution < -0.4 is 0 Å². The first-order valence-electron chi connectivity index (χ1n) is 6.10. The molecule has 0 atom stereocenters. The zero-order valence-corrected chi connectivity index (χ0v) is 11.0. The third-order valence-corrected chi connectivity index (χ3v) is 4.46. The smallest absolute Gasteiger partial charge is 0.184 e. The number of Topliss-reactive ketones (excluding diaryl/α,β-unsaturated/α-hetero) is 2. The van der Waals surface area contributed by atoms with Crippen LogP contribution in [0.4, 0.5) is 0 Å². The molecule has 0 bridgehead atoms. The molecule has 0 aliphatic heterocycles. The van der Waals surface area contributed by atoms with Gasteiger partial charge in [-0.1, -0.05) is 54.6 Å². The topological polar surface area (TPSA) is 34.1 Å². The van der Waals surface area contributed by atoms with Crippen molar-refractivity contribution in [3.63, 3.8) is 0 Å². The van der Waals surface area contributed by atoms with E-state index in [0.717, 1.165) is 5.56 Å². The molecule has 0 fully saturated rings. The summed E-state index contributed by atoms with van der Waals surface area (Å²) in [7, 11) is 0. The second kappa shape index (κ2) is 5.02. The fourth-order valence-corrected chi connectivity index (χ4v) is 3.33. The first-order chi connectivity index (χ1) is 9.27. The van der Waals surface area contributed by atoms with Gasteiger partial charge in [-0.15, -0.1) is 11.8 Å². The number of hydrogen-bond donors (Lipinski definition) is 0. The van der Waals surface area contributed by atoms with Crippen molar-refractivity contribution in [2.75, 3.05) is 0 Å². The van der Waals surface area contributed by atoms with Crippen LogP contribution in [0, 0.1) is 0 Å². The van der Waals surface area contributed by atoms with E-state index in [1.54, 1.807) is 24.3 Å². The Balaban J connectivity index is 1.78. The highest BCUT2D eigenvalue weighted by Gasteiger charge is 2.38. The van der Waals surface area contributed by atoms with Crippen LogP contribution in [0.1, 0.15) is 26.3 Å². The molecule has 0 heterocycles. The number of thioether (sulfide) groups is 1.